The third kappa shape index (κ3) is 20.0. The Labute approximate surface area is 519 Å². The minimum atomic E-state index is -0.480. The lowest BCUT2D eigenvalue weighted by Gasteiger charge is -2.30. The average molecular weight is 1360 g/mol. The summed E-state index contributed by atoms with van der Waals surface area (Å²) in [5, 5.41) is 8.05. The van der Waals surface area contributed by atoms with Gasteiger partial charge in [0.25, 0.3) is 0 Å². The van der Waals surface area contributed by atoms with Gasteiger partial charge >= 0.3 is 12.2 Å². The second-order valence-electron chi connectivity index (χ2n) is 21.3. The lowest BCUT2D eigenvalue weighted by atomic mass is 10.1. The maximum atomic E-state index is 12.2. The molecular weight excluding hydrogens is 1290 g/mol. The summed E-state index contributed by atoms with van der Waals surface area (Å²) in [6.07, 6.45) is 9.98. The average Bonchev–Trinajstić information content (AvgIpc) is 3.01. The topological polar surface area (TPSA) is 269 Å². The largest absolute Gasteiger partial charge is 0.444 e. The number of aromatic nitrogens is 7. The van der Waals surface area contributed by atoms with Crippen LogP contribution in [0.3, 0.4) is 0 Å². The highest BCUT2D eigenvalue weighted by atomic mass is 127. The van der Waals surface area contributed by atoms with Crippen LogP contribution in [0.15, 0.2) is 49.1 Å². The summed E-state index contributed by atoms with van der Waals surface area (Å²) in [5.41, 5.74) is 15.5. The number of amides is 3. The number of ether oxygens (including phenoxy) is 4. The Balaban J connectivity index is 0.000000166. The van der Waals surface area contributed by atoms with Crippen LogP contribution in [0.2, 0.25) is 20.6 Å². The molecule has 0 unspecified atom stereocenters. The molecule has 4 aliphatic rings. The van der Waals surface area contributed by atoms with E-state index in [4.69, 9.17) is 77.9 Å². The molecular formula is C56H68Cl5IN12O9. The van der Waals surface area contributed by atoms with Gasteiger partial charge in [-0.05, 0) is 106 Å². The van der Waals surface area contributed by atoms with E-state index in [1.165, 1.54) is 36.6 Å². The molecule has 0 aliphatic carbocycles. The summed E-state index contributed by atoms with van der Waals surface area (Å²) in [5.74, 6) is 0.245. The van der Waals surface area contributed by atoms with Crippen molar-refractivity contribution >= 4 is 148 Å². The number of carbonyl (C=O) groups is 5. The molecule has 11 heterocycles. The van der Waals surface area contributed by atoms with Crippen molar-refractivity contribution in [3.63, 3.8) is 0 Å². The molecule has 1 saturated heterocycles. The van der Waals surface area contributed by atoms with E-state index in [1.54, 1.807) is 34.5 Å². The maximum Gasteiger partial charge on any atom is 0.410 e. The molecule has 21 nitrogen and oxygen atoms in total. The number of hydrogen-bond acceptors (Lipinski definition) is 15. The predicted molar refractivity (Wildman–Crippen MR) is 331 cm³/mol. The van der Waals surface area contributed by atoms with Gasteiger partial charge in [-0.15, -0.1) is 0 Å². The molecule has 7 aromatic rings. The Morgan fingerprint density at radius 3 is 1.43 bits per heavy atom. The van der Waals surface area contributed by atoms with Crippen molar-refractivity contribution in [1.29, 1.82) is 0 Å². The van der Waals surface area contributed by atoms with Gasteiger partial charge in [0.15, 0.2) is 0 Å². The summed E-state index contributed by atoms with van der Waals surface area (Å²) in [4.78, 5) is 87.6. The molecule has 11 rings (SSSR count). The first kappa shape index (κ1) is 66.6. The number of nitrogen functional groups attached to an aromatic ring is 1. The first-order chi connectivity index (χ1) is 39.2. The second-order valence-corrected chi connectivity index (χ2v) is 24.4. The highest BCUT2D eigenvalue weighted by Gasteiger charge is 2.29. The van der Waals surface area contributed by atoms with Crippen molar-refractivity contribution in [2.24, 2.45) is 0 Å². The number of halogens is 6. The lowest BCUT2D eigenvalue weighted by Crippen LogP contribution is -2.41. The molecule has 1 fully saturated rings. The molecule has 0 aromatic carbocycles. The molecule has 27 heteroatoms. The molecule has 83 heavy (non-hydrogen) atoms. The van der Waals surface area contributed by atoms with Crippen molar-refractivity contribution in [3.05, 3.63) is 107 Å². The van der Waals surface area contributed by atoms with Crippen LogP contribution in [-0.2, 0) is 72.2 Å². The Morgan fingerprint density at radius 1 is 0.590 bits per heavy atom. The van der Waals surface area contributed by atoms with Crippen LogP contribution in [0, 0.1) is 3.57 Å². The van der Waals surface area contributed by atoms with E-state index in [9.17, 15) is 24.0 Å². The molecule has 7 aromatic heterocycles. The number of anilines is 1. The maximum absolute atomic E-state index is 12.2. The van der Waals surface area contributed by atoms with Crippen LogP contribution in [0.25, 0.3) is 32.7 Å². The summed E-state index contributed by atoms with van der Waals surface area (Å²) >= 11 is 30.1. The van der Waals surface area contributed by atoms with Crippen LogP contribution in [0.1, 0.15) is 88.2 Å². The summed E-state index contributed by atoms with van der Waals surface area (Å²) in [6, 6.07) is 7.14. The predicted octanol–water partition coefficient (Wildman–Crippen LogP) is 11.0. The molecule has 0 spiro atoms. The van der Waals surface area contributed by atoms with Crippen LogP contribution in [0.4, 0.5) is 15.3 Å². The minimum Gasteiger partial charge on any atom is -0.444 e. The first-order valence-electron chi connectivity index (χ1n) is 26.4. The van der Waals surface area contributed by atoms with Crippen molar-refractivity contribution in [3.8, 4) is 0 Å². The third-order valence-electron chi connectivity index (χ3n) is 12.7. The van der Waals surface area contributed by atoms with Gasteiger partial charge in [-0.2, -0.15) is 0 Å². The van der Waals surface area contributed by atoms with Crippen LogP contribution >= 0.6 is 80.6 Å². The number of methoxy groups -OCH3 is 2. The monoisotopic (exact) mass is 1350 g/mol. The van der Waals surface area contributed by atoms with Gasteiger partial charge in [0, 0.05) is 167 Å². The summed E-state index contributed by atoms with van der Waals surface area (Å²) < 4.78 is 20.8. The fraction of sp³-hybridized carbons (Fsp3) is 0.446. The van der Waals surface area contributed by atoms with E-state index >= 15 is 0 Å². The SMILES string of the molecule is CC(C)(C)OC(=O)N1CCC(=O)CC1.CC(C)(C)OC(=O)N1CCc2[nH]c3cc(Cl)ncc3c2C1.COCC(=O)Cl.COCC(=O)N1CCc2[nH]c3cc(Cl)ncc3c2C1.Clc1cc2[nH]c3c(c2cn1)CNCC3.Nc1cc(Cl)ncc1I. The molecule has 0 saturated carbocycles. The highest BCUT2D eigenvalue weighted by Crippen LogP contribution is 2.31. The Kier molecular flexibility index (Phi) is 24.5. The number of ketones is 1. The number of aromatic amines is 3. The number of piperidine rings is 1. The number of Topliss-reactive ketones (excluding diaryl/α,β-unsaturated/α-hetero) is 1. The normalized spacial score (nSPS) is 14.6. The van der Waals surface area contributed by atoms with Crippen molar-refractivity contribution in [2.45, 2.75) is 104 Å². The minimum absolute atomic E-state index is 0.00154. The second kappa shape index (κ2) is 30.5. The van der Waals surface area contributed by atoms with Crippen LogP contribution < -0.4 is 11.1 Å². The van der Waals surface area contributed by atoms with E-state index in [2.05, 4.69) is 67.5 Å². The summed E-state index contributed by atoms with van der Waals surface area (Å²) in [6.45, 7) is 16.7. The molecule has 448 valence electrons. The number of H-pyrrole nitrogens is 3. The standard InChI is InChI=1S/C15H18ClN3O2.C13H14ClN3O2.C10H10ClN3.C10H17NO3.C5H4ClIN2.C3H5ClO2/c1-15(2,3)21-14(20)19-5-4-11-10(8-19)9-7-17-13(16)6-12(9)18-11;1-19-7-13(18)17-3-2-10-9(6-17)8-5-15-12(14)4-11(8)16-10;11-10-3-9-7(5-13-10)6-4-12-2-1-8(6)14-9;1-10(2,3)14-9(13)11-6-4-8(12)5-7-11;6-5-1-4(8)3(7)2-9-5;1-6-2-3(4)5/h6-7,18H,4-5,8H2,1-3H3;4-5,16H,2-3,6-7H2,1H3;3,5,12,14H,1-2,4H2;4-7H2,1-3H3;1-2H,(H2,8,9);2H2,1H3. The van der Waals surface area contributed by atoms with Crippen molar-refractivity contribution in [2.75, 3.05) is 65.9 Å². The number of nitrogens with zero attached hydrogens (tertiary/aromatic N) is 7. The van der Waals surface area contributed by atoms with E-state index in [-0.39, 0.29) is 37.1 Å². The Hall–Kier alpha value is -5.57. The lowest BCUT2D eigenvalue weighted by molar-refractivity contribution is -0.136. The fourth-order valence-corrected chi connectivity index (χ4v) is 9.95. The highest BCUT2D eigenvalue weighted by molar-refractivity contribution is 14.1. The van der Waals surface area contributed by atoms with Gasteiger partial charge in [-0.25, -0.2) is 29.5 Å². The quantitative estimate of drug-likeness (QED) is 0.0623. The number of nitrogens with two attached hydrogens (primary N) is 1. The van der Waals surface area contributed by atoms with Gasteiger partial charge in [-0.3, -0.25) is 14.4 Å². The van der Waals surface area contributed by atoms with Gasteiger partial charge in [-0.1, -0.05) is 46.4 Å². The van der Waals surface area contributed by atoms with Crippen molar-refractivity contribution in [1.82, 2.24) is 54.9 Å². The number of likely N-dealkylation sites (tertiary alicyclic amines) is 1. The zero-order valence-electron chi connectivity index (χ0n) is 47.4. The number of carbonyl (C=O) groups excluding carboxylic acids is 5. The van der Waals surface area contributed by atoms with E-state index < -0.39 is 16.4 Å². The first-order valence-corrected chi connectivity index (χ1v) is 29.3. The van der Waals surface area contributed by atoms with Crippen molar-refractivity contribution < 1.29 is 42.9 Å². The number of pyridine rings is 4. The Morgan fingerprint density at radius 2 is 1.00 bits per heavy atom. The molecule has 0 bridgehead atoms. The van der Waals surface area contributed by atoms with Crippen LogP contribution in [-0.4, -0.2) is 150 Å². The Bertz CT molecular complexity index is 3410. The number of hydrogen-bond donors (Lipinski definition) is 5. The summed E-state index contributed by atoms with van der Waals surface area (Å²) in [7, 11) is 2.95. The zero-order chi connectivity index (χ0) is 60.8. The van der Waals surface area contributed by atoms with Crippen LogP contribution in [0.5, 0.6) is 0 Å². The van der Waals surface area contributed by atoms with E-state index in [1.807, 2.05) is 70.8 Å². The van der Waals surface area contributed by atoms with Gasteiger partial charge < -0.3 is 59.6 Å². The molecule has 4 aliphatic heterocycles. The number of fused-ring (bicyclic) bond motifs is 9. The molecule has 3 amide bonds. The molecule has 0 radical (unpaired) electrons. The zero-order valence-corrected chi connectivity index (χ0v) is 53.3. The third-order valence-corrected chi connectivity index (χ3v) is 14.5. The smallest absolute Gasteiger partial charge is 0.410 e. The number of nitrogens with one attached hydrogen (secondary N) is 4. The molecule has 6 N–H and O–H groups in total. The van der Waals surface area contributed by atoms with Gasteiger partial charge in [0.05, 0.1) is 26.7 Å². The van der Waals surface area contributed by atoms with E-state index in [0.29, 0.717) is 78.4 Å². The van der Waals surface area contributed by atoms with Gasteiger partial charge in [0.2, 0.25) is 11.1 Å². The van der Waals surface area contributed by atoms with Gasteiger partial charge in [0.1, 0.15) is 50.8 Å². The molecule has 0 atom stereocenters. The number of rotatable bonds is 4. The van der Waals surface area contributed by atoms with E-state index in [0.717, 1.165) is 80.1 Å². The fourth-order valence-electron chi connectivity index (χ4n) is 8.90.